The number of amides is 1. The molecule has 1 aromatic heterocycles. The number of benzene rings is 2. The van der Waals surface area contributed by atoms with E-state index in [1.807, 2.05) is 36.4 Å². The van der Waals surface area contributed by atoms with Crippen molar-refractivity contribution >= 4 is 28.3 Å². The van der Waals surface area contributed by atoms with E-state index in [1.165, 1.54) is 0 Å². The molecule has 0 aliphatic rings. The van der Waals surface area contributed by atoms with Gasteiger partial charge in [-0.15, -0.1) is 0 Å². The van der Waals surface area contributed by atoms with Gasteiger partial charge in [-0.3, -0.25) is 10.1 Å². The number of carbonyl (C=O) groups excluding carboxylic acids is 2. The van der Waals surface area contributed by atoms with Crippen LogP contribution in [0.3, 0.4) is 0 Å². The van der Waals surface area contributed by atoms with E-state index in [0.29, 0.717) is 21.9 Å². The van der Waals surface area contributed by atoms with Gasteiger partial charge in [0, 0.05) is 5.56 Å². The van der Waals surface area contributed by atoms with Crippen molar-refractivity contribution < 1.29 is 19.1 Å². The predicted molar refractivity (Wildman–Crippen MR) is 113 cm³/mol. The maximum Gasteiger partial charge on any atom is 0.350 e. The van der Waals surface area contributed by atoms with Crippen LogP contribution in [0, 0.1) is 11.3 Å². The zero-order valence-electron chi connectivity index (χ0n) is 16.4. The summed E-state index contributed by atoms with van der Waals surface area (Å²) < 4.78 is 10.8. The fraction of sp³-hybridized carbons (Fsp3) is 0.182. The number of anilines is 1. The lowest BCUT2D eigenvalue weighted by atomic mass is 10.1. The first kappa shape index (κ1) is 21.0. The molecule has 0 aliphatic heterocycles. The Kier molecular flexibility index (Phi) is 6.78. The average molecular weight is 421 g/mol. The summed E-state index contributed by atoms with van der Waals surface area (Å²) in [4.78, 5) is 29.7. The van der Waals surface area contributed by atoms with Gasteiger partial charge in [0.1, 0.15) is 16.7 Å². The van der Waals surface area contributed by atoms with Crippen molar-refractivity contribution in [3.05, 3.63) is 65.0 Å². The number of para-hydroxylation sites is 1. The standard InChI is InChI=1S/C22H19N3O4S/c1-3-28-21(27)19-18(15-9-5-4-6-10-15)24-22(30-19)25-20(26)14(2)29-17-12-8-7-11-16(17)13-23/h4-12,14H,3H2,1-2H3,(H,24,25,26). The molecule has 0 fully saturated rings. The van der Waals surface area contributed by atoms with Crippen molar-refractivity contribution in [2.45, 2.75) is 20.0 Å². The van der Waals surface area contributed by atoms with E-state index in [2.05, 4.69) is 10.3 Å². The Morgan fingerprint density at radius 2 is 1.87 bits per heavy atom. The van der Waals surface area contributed by atoms with Crippen molar-refractivity contribution in [2.75, 3.05) is 11.9 Å². The summed E-state index contributed by atoms with van der Waals surface area (Å²) in [6.45, 7) is 3.53. The van der Waals surface area contributed by atoms with Crippen LogP contribution in [-0.4, -0.2) is 29.6 Å². The molecule has 1 unspecified atom stereocenters. The molecule has 8 heteroatoms. The second-order valence-electron chi connectivity index (χ2n) is 6.14. The van der Waals surface area contributed by atoms with Crippen LogP contribution in [0.15, 0.2) is 54.6 Å². The lowest BCUT2D eigenvalue weighted by molar-refractivity contribution is -0.122. The number of thiazole rings is 1. The van der Waals surface area contributed by atoms with Crippen LogP contribution < -0.4 is 10.1 Å². The van der Waals surface area contributed by atoms with Crippen LogP contribution in [0.4, 0.5) is 5.13 Å². The molecule has 1 amide bonds. The van der Waals surface area contributed by atoms with Gasteiger partial charge in [0.2, 0.25) is 0 Å². The molecule has 2 aromatic carbocycles. The summed E-state index contributed by atoms with van der Waals surface area (Å²) in [5, 5.41) is 12.1. The first-order chi connectivity index (χ1) is 14.5. The van der Waals surface area contributed by atoms with Gasteiger partial charge >= 0.3 is 5.97 Å². The largest absolute Gasteiger partial charge is 0.480 e. The molecule has 0 aliphatic carbocycles. The Balaban J connectivity index is 1.81. The zero-order valence-corrected chi connectivity index (χ0v) is 17.2. The number of rotatable bonds is 7. The van der Waals surface area contributed by atoms with E-state index in [-0.39, 0.29) is 11.7 Å². The molecule has 3 aromatic rings. The SMILES string of the molecule is CCOC(=O)c1sc(NC(=O)C(C)Oc2ccccc2C#N)nc1-c1ccccc1. The maximum absolute atomic E-state index is 12.6. The number of ether oxygens (including phenoxy) is 2. The quantitative estimate of drug-likeness (QED) is 0.572. The summed E-state index contributed by atoms with van der Waals surface area (Å²) in [6.07, 6.45) is -0.880. The van der Waals surface area contributed by atoms with E-state index in [1.54, 1.807) is 38.1 Å². The first-order valence-electron chi connectivity index (χ1n) is 9.23. The minimum atomic E-state index is -0.880. The molecule has 3 rings (SSSR count). The Labute approximate surface area is 177 Å². The van der Waals surface area contributed by atoms with E-state index < -0.39 is 18.0 Å². The number of esters is 1. The lowest BCUT2D eigenvalue weighted by Crippen LogP contribution is -2.30. The van der Waals surface area contributed by atoms with Gasteiger partial charge in [0.15, 0.2) is 11.2 Å². The highest BCUT2D eigenvalue weighted by atomic mass is 32.1. The van der Waals surface area contributed by atoms with E-state index >= 15 is 0 Å². The molecular formula is C22H19N3O4S. The molecule has 1 heterocycles. The van der Waals surface area contributed by atoms with Crippen molar-refractivity contribution in [3.63, 3.8) is 0 Å². The van der Waals surface area contributed by atoms with Crippen LogP contribution in [-0.2, 0) is 9.53 Å². The summed E-state index contributed by atoms with van der Waals surface area (Å²) in [5.74, 6) is -0.632. The molecule has 1 atom stereocenters. The van der Waals surface area contributed by atoms with E-state index in [9.17, 15) is 9.59 Å². The summed E-state index contributed by atoms with van der Waals surface area (Å²) in [7, 11) is 0. The van der Waals surface area contributed by atoms with Crippen LogP contribution in [0.2, 0.25) is 0 Å². The molecule has 0 saturated heterocycles. The third-order valence-electron chi connectivity index (χ3n) is 4.05. The monoisotopic (exact) mass is 421 g/mol. The van der Waals surface area contributed by atoms with Crippen LogP contribution in [0.1, 0.15) is 29.1 Å². The number of nitriles is 1. The third-order valence-corrected chi connectivity index (χ3v) is 5.00. The summed E-state index contributed by atoms with van der Waals surface area (Å²) in [6, 6.07) is 17.9. The van der Waals surface area contributed by atoms with Gasteiger partial charge in [0.25, 0.3) is 5.91 Å². The molecule has 152 valence electrons. The zero-order chi connectivity index (χ0) is 21.5. The molecule has 0 bridgehead atoms. The summed E-state index contributed by atoms with van der Waals surface area (Å²) >= 11 is 1.04. The van der Waals surface area contributed by atoms with E-state index in [0.717, 1.165) is 16.9 Å². The van der Waals surface area contributed by atoms with E-state index in [4.69, 9.17) is 14.7 Å². The van der Waals surface area contributed by atoms with Crippen molar-refractivity contribution in [1.29, 1.82) is 5.26 Å². The van der Waals surface area contributed by atoms with Gasteiger partial charge in [-0.05, 0) is 26.0 Å². The van der Waals surface area contributed by atoms with Crippen LogP contribution in [0.5, 0.6) is 5.75 Å². The Bertz CT molecular complexity index is 1090. The minimum absolute atomic E-state index is 0.232. The van der Waals surface area contributed by atoms with Gasteiger partial charge in [0.05, 0.1) is 17.9 Å². The molecule has 0 radical (unpaired) electrons. The first-order valence-corrected chi connectivity index (χ1v) is 10.0. The summed E-state index contributed by atoms with van der Waals surface area (Å²) in [5.41, 5.74) is 1.52. The molecule has 30 heavy (non-hydrogen) atoms. The van der Waals surface area contributed by atoms with Gasteiger partial charge in [-0.1, -0.05) is 53.8 Å². The second-order valence-corrected chi connectivity index (χ2v) is 7.14. The highest BCUT2D eigenvalue weighted by molar-refractivity contribution is 7.18. The number of nitrogens with zero attached hydrogens (tertiary/aromatic N) is 2. The second kappa shape index (κ2) is 9.67. The number of carbonyl (C=O) groups is 2. The number of hydrogen-bond donors (Lipinski definition) is 1. The Hall–Kier alpha value is -3.70. The molecule has 0 spiro atoms. The van der Waals surface area contributed by atoms with Crippen LogP contribution in [0.25, 0.3) is 11.3 Å². The van der Waals surface area contributed by atoms with Crippen molar-refractivity contribution in [3.8, 4) is 23.1 Å². The number of aromatic nitrogens is 1. The van der Waals surface area contributed by atoms with Gasteiger partial charge in [-0.25, -0.2) is 9.78 Å². The third kappa shape index (κ3) is 4.82. The Morgan fingerprint density at radius 1 is 1.17 bits per heavy atom. The Morgan fingerprint density at radius 3 is 2.57 bits per heavy atom. The lowest BCUT2D eigenvalue weighted by Gasteiger charge is -2.14. The molecule has 1 N–H and O–H groups in total. The fourth-order valence-corrected chi connectivity index (χ4v) is 3.50. The fourth-order valence-electron chi connectivity index (χ4n) is 2.61. The highest BCUT2D eigenvalue weighted by Crippen LogP contribution is 2.32. The maximum atomic E-state index is 12.6. The normalized spacial score (nSPS) is 11.2. The smallest absolute Gasteiger partial charge is 0.350 e. The molecular weight excluding hydrogens is 402 g/mol. The van der Waals surface area contributed by atoms with Gasteiger partial charge in [-0.2, -0.15) is 5.26 Å². The van der Waals surface area contributed by atoms with Gasteiger partial charge < -0.3 is 9.47 Å². The van der Waals surface area contributed by atoms with Crippen molar-refractivity contribution in [2.24, 2.45) is 0 Å². The molecule has 7 nitrogen and oxygen atoms in total. The number of hydrogen-bond acceptors (Lipinski definition) is 7. The topological polar surface area (TPSA) is 101 Å². The van der Waals surface area contributed by atoms with Crippen molar-refractivity contribution in [1.82, 2.24) is 4.98 Å². The minimum Gasteiger partial charge on any atom is -0.480 e. The average Bonchev–Trinajstić information content (AvgIpc) is 3.19. The highest BCUT2D eigenvalue weighted by Gasteiger charge is 2.23. The number of nitrogens with one attached hydrogen (secondary N) is 1. The predicted octanol–water partition coefficient (Wildman–Crippen LogP) is 4.26. The van der Waals surface area contributed by atoms with Crippen LogP contribution >= 0.6 is 11.3 Å². The molecule has 0 saturated carbocycles.